The lowest BCUT2D eigenvalue weighted by molar-refractivity contribution is 0.319. The molecule has 1 aliphatic heterocycles. The first-order valence-corrected chi connectivity index (χ1v) is 10.4. The highest BCUT2D eigenvalue weighted by Gasteiger charge is 2.42. The van der Waals surface area contributed by atoms with E-state index in [1.165, 1.54) is 46.1 Å². The number of hydrogen-bond donors (Lipinski definition) is 2. The molecule has 0 bridgehead atoms. The molecule has 3 atom stereocenters. The number of hydrogen-bond acceptors (Lipinski definition) is 3. The number of aromatic nitrogens is 1. The molecule has 5 rings (SSSR count). The summed E-state index contributed by atoms with van der Waals surface area (Å²) in [6.45, 7) is 3.33. The molecular formula is C24H28N2O2. The van der Waals surface area contributed by atoms with Crippen molar-refractivity contribution in [2.75, 3.05) is 20.8 Å². The van der Waals surface area contributed by atoms with Crippen molar-refractivity contribution >= 4 is 10.9 Å². The Morgan fingerprint density at radius 2 is 1.93 bits per heavy atom. The first-order chi connectivity index (χ1) is 13.8. The Hall–Kier alpha value is -2.46. The van der Waals surface area contributed by atoms with Crippen LogP contribution in [0.1, 0.15) is 54.0 Å². The molecule has 28 heavy (non-hydrogen) atoms. The molecule has 3 aromatic rings. The van der Waals surface area contributed by atoms with Crippen molar-refractivity contribution in [1.29, 1.82) is 0 Å². The van der Waals surface area contributed by atoms with Crippen molar-refractivity contribution in [3.05, 3.63) is 58.8 Å². The van der Waals surface area contributed by atoms with Crippen molar-refractivity contribution in [3.63, 3.8) is 0 Å². The zero-order chi connectivity index (χ0) is 19.3. The lowest BCUT2D eigenvalue weighted by Crippen LogP contribution is -2.46. The molecule has 2 N–H and O–H groups in total. The summed E-state index contributed by atoms with van der Waals surface area (Å²) in [5.41, 5.74) is 6.91. The smallest absolute Gasteiger partial charge is 0.161 e. The number of nitrogens with one attached hydrogen (secondary N) is 2. The quantitative estimate of drug-likeness (QED) is 0.692. The second kappa shape index (κ2) is 6.85. The minimum Gasteiger partial charge on any atom is -0.493 e. The molecule has 0 radical (unpaired) electrons. The summed E-state index contributed by atoms with van der Waals surface area (Å²) in [6.07, 6.45) is 3.48. The maximum atomic E-state index is 5.63. The molecule has 2 unspecified atom stereocenters. The largest absolute Gasteiger partial charge is 0.493 e. The molecule has 1 aromatic heterocycles. The third kappa shape index (κ3) is 2.47. The number of fused-ring (bicyclic) bond motifs is 2. The highest BCUT2D eigenvalue weighted by molar-refractivity contribution is 5.91. The number of rotatable bonds is 4. The summed E-state index contributed by atoms with van der Waals surface area (Å²) in [5, 5.41) is 5.32. The van der Waals surface area contributed by atoms with Crippen LogP contribution in [-0.4, -0.2) is 31.8 Å². The minimum absolute atomic E-state index is 0.309. The van der Waals surface area contributed by atoms with Gasteiger partial charge < -0.3 is 19.8 Å². The van der Waals surface area contributed by atoms with Crippen LogP contribution in [0.25, 0.3) is 10.9 Å². The predicted octanol–water partition coefficient (Wildman–Crippen LogP) is 4.73. The van der Waals surface area contributed by atoms with Crippen LogP contribution < -0.4 is 14.8 Å². The molecule has 0 spiro atoms. The molecule has 1 aliphatic carbocycles. The molecule has 2 aromatic carbocycles. The Bertz CT molecular complexity index is 1020. The van der Waals surface area contributed by atoms with Crippen molar-refractivity contribution in [2.24, 2.45) is 0 Å². The third-order valence-electron chi connectivity index (χ3n) is 6.67. The number of aromatic amines is 1. The Kier molecular flexibility index (Phi) is 4.31. The minimum atomic E-state index is 0.309. The summed E-state index contributed by atoms with van der Waals surface area (Å²) in [6, 6.07) is 13.6. The van der Waals surface area contributed by atoms with Crippen molar-refractivity contribution in [1.82, 2.24) is 10.3 Å². The fourth-order valence-electron chi connectivity index (χ4n) is 5.50. The van der Waals surface area contributed by atoms with Gasteiger partial charge in [-0.3, -0.25) is 0 Å². The molecule has 1 saturated heterocycles. The lowest BCUT2D eigenvalue weighted by Gasteiger charge is -2.43. The van der Waals surface area contributed by atoms with E-state index in [0.29, 0.717) is 17.9 Å². The second-order valence-corrected chi connectivity index (χ2v) is 7.96. The summed E-state index contributed by atoms with van der Waals surface area (Å²) in [7, 11) is 3.41. The molecule has 2 heterocycles. The maximum absolute atomic E-state index is 5.63. The molecule has 0 amide bonds. The van der Waals surface area contributed by atoms with Gasteiger partial charge in [0, 0.05) is 34.5 Å². The van der Waals surface area contributed by atoms with Gasteiger partial charge in [-0.1, -0.05) is 25.1 Å². The van der Waals surface area contributed by atoms with Gasteiger partial charge in [0.25, 0.3) is 0 Å². The highest BCUT2D eigenvalue weighted by Crippen LogP contribution is 2.50. The van der Waals surface area contributed by atoms with Gasteiger partial charge in [0.1, 0.15) is 0 Å². The molecule has 4 nitrogen and oxygen atoms in total. The van der Waals surface area contributed by atoms with Crippen LogP contribution in [0, 0.1) is 0 Å². The van der Waals surface area contributed by atoms with Gasteiger partial charge in [-0.2, -0.15) is 0 Å². The van der Waals surface area contributed by atoms with Gasteiger partial charge in [0.05, 0.1) is 14.2 Å². The Labute approximate surface area is 166 Å². The van der Waals surface area contributed by atoms with Crippen molar-refractivity contribution in [3.8, 4) is 11.5 Å². The van der Waals surface area contributed by atoms with E-state index in [2.05, 4.69) is 47.6 Å². The van der Waals surface area contributed by atoms with Gasteiger partial charge in [-0.05, 0) is 60.7 Å². The van der Waals surface area contributed by atoms with Gasteiger partial charge in [0.15, 0.2) is 11.5 Å². The van der Waals surface area contributed by atoms with E-state index in [9.17, 15) is 0 Å². The van der Waals surface area contributed by atoms with E-state index in [4.69, 9.17) is 9.47 Å². The molecular weight excluding hydrogens is 348 g/mol. The summed E-state index contributed by atoms with van der Waals surface area (Å²) < 4.78 is 11.1. The third-order valence-corrected chi connectivity index (χ3v) is 6.67. The summed E-state index contributed by atoms with van der Waals surface area (Å²) in [5.74, 6) is 2.44. The van der Waals surface area contributed by atoms with E-state index in [1.54, 1.807) is 14.2 Å². The number of piperidine rings is 1. The van der Waals surface area contributed by atoms with Crippen molar-refractivity contribution in [2.45, 2.75) is 44.1 Å². The first kappa shape index (κ1) is 17.6. The van der Waals surface area contributed by atoms with E-state index < -0.39 is 0 Å². The SMILES string of the molecule is CCc1[nH]c2cccc3c2c1C(c1ccc(OC)c(OC)c1)[C@H]1NCCCC31. The number of H-pyrrole nitrogens is 1. The average molecular weight is 377 g/mol. The molecule has 0 saturated carbocycles. The van der Waals surface area contributed by atoms with Gasteiger partial charge in [-0.25, -0.2) is 0 Å². The first-order valence-electron chi connectivity index (χ1n) is 10.4. The summed E-state index contributed by atoms with van der Waals surface area (Å²) >= 11 is 0. The van der Waals surface area contributed by atoms with E-state index in [0.717, 1.165) is 24.5 Å². The Morgan fingerprint density at radius 3 is 2.71 bits per heavy atom. The van der Waals surface area contributed by atoms with Crippen LogP contribution in [0.2, 0.25) is 0 Å². The van der Waals surface area contributed by atoms with Crippen LogP contribution in [0.15, 0.2) is 36.4 Å². The molecule has 1 fully saturated rings. The van der Waals surface area contributed by atoms with Crippen LogP contribution in [0.5, 0.6) is 11.5 Å². The van der Waals surface area contributed by atoms with E-state index >= 15 is 0 Å². The Balaban J connectivity index is 1.77. The normalized spacial score (nSPS) is 23.5. The topological polar surface area (TPSA) is 46.3 Å². The van der Waals surface area contributed by atoms with Gasteiger partial charge in [0.2, 0.25) is 0 Å². The number of aryl methyl sites for hydroxylation is 1. The fourth-order valence-corrected chi connectivity index (χ4v) is 5.50. The molecule has 4 heteroatoms. The van der Waals surface area contributed by atoms with Gasteiger partial charge >= 0.3 is 0 Å². The lowest BCUT2D eigenvalue weighted by atomic mass is 9.67. The van der Waals surface area contributed by atoms with Crippen LogP contribution >= 0.6 is 0 Å². The standard InChI is InChI=1S/C24H28N2O2/c1-4-17-23-21(14-10-11-19(27-2)20(13-14)28-3)24-16(8-6-12-25-24)15-7-5-9-18(26-17)22(15)23/h5,7,9-11,13,16,21,24-26H,4,6,8,12H2,1-3H3/t16?,21?,24-/m0/s1. The second-order valence-electron chi connectivity index (χ2n) is 7.96. The maximum Gasteiger partial charge on any atom is 0.161 e. The average Bonchev–Trinajstić information content (AvgIpc) is 3.13. The van der Waals surface area contributed by atoms with Crippen LogP contribution in [-0.2, 0) is 6.42 Å². The van der Waals surface area contributed by atoms with E-state index in [1.807, 2.05) is 6.07 Å². The molecule has 2 aliphatic rings. The van der Waals surface area contributed by atoms with E-state index in [-0.39, 0.29) is 0 Å². The van der Waals surface area contributed by atoms with Crippen molar-refractivity contribution < 1.29 is 9.47 Å². The van der Waals surface area contributed by atoms with Crippen LogP contribution in [0.3, 0.4) is 0 Å². The zero-order valence-electron chi connectivity index (χ0n) is 16.8. The number of ether oxygens (including phenoxy) is 2. The fraction of sp³-hybridized carbons (Fsp3) is 0.417. The van der Waals surface area contributed by atoms with Crippen LogP contribution in [0.4, 0.5) is 0 Å². The predicted molar refractivity (Wildman–Crippen MR) is 113 cm³/mol. The highest BCUT2D eigenvalue weighted by atomic mass is 16.5. The number of benzene rings is 2. The Morgan fingerprint density at radius 1 is 1.07 bits per heavy atom. The van der Waals surface area contributed by atoms with Gasteiger partial charge in [-0.15, -0.1) is 0 Å². The molecule has 146 valence electrons. The number of methoxy groups -OCH3 is 2. The zero-order valence-corrected chi connectivity index (χ0v) is 16.8. The summed E-state index contributed by atoms with van der Waals surface area (Å²) in [4.78, 5) is 3.72. The monoisotopic (exact) mass is 376 g/mol.